The van der Waals surface area contributed by atoms with Gasteiger partial charge in [0.1, 0.15) is 4.11 Å². The lowest BCUT2D eigenvalue weighted by Crippen LogP contribution is -2.31. The largest absolute Gasteiger partial charge is 0.272 e. The molecule has 2 amide bonds. The van der Waals surface area contributed by atoms with Crippen LogP contribution in [0.2, 0.25) is 0 Å². The second kappa shape index (κ2) is 3.48. The average molecular weight is 269 g/mol. The summed E-state index contributed by atoms with van der Waals surface area (Å²) < 4.78 is -0.154. The zero-order valence-corrected chi connectivity index (χ0v) is 8.20. The third-order valence-corrected chi connectivity index (χ3v) is 1.48. The second-order valence-corrected chi connectivity index (χ2v) is 3.98. The lowest BCUT2D eigenvalue weighted by atomic mass is 10.4. The summed E-state index contributed by atoms with van der Waals surface area (Å²) in [6.45, 7) is 1.76. The molecular weight excluding hydrogens is 261 g/mol. The summed E-state index contributed by atoms with van der Waals surface area (Å²) in [6, 6.07) is 0. The van der Waals surface area contributed by atoms with Crippen molar-refractivity contribution in [2.24, 2.45) is 0 Å². The van der Waals surface area contributed by atoms with E-state index in [9.17, 15) is 9.59 Å². The molecule has 0 N–H and O–H groups in total. The number of carbonyl (C=O) groups is 2. The summed E-state index contributed by atoms with van der Waals surface area (Å²) in [5.41, 5.74) is 0. The Kier molecular flexibility index (Phi) is 2.83. The molecule has 62 valence electrons. The van der Waals surface area contributed by atoms with E-state index in [-0.39, 0.29) is 28.8 Å². The van der Waals surface area contributed by atoms with E-state index in [0.29, 0.717) is 0 Å². The fourth-order valence-corrected chi connectivity index (χ4v) is 1.05. The summed E-state index contributed by atoms with van der Waals surface area (Å²) in [4.78, 5) is 26.8. The van der Waals surface area contributed by atoms with E-state index in [4.69, 9.17) is 4.84 Å². The fraction of sp³-hybridized carbons (Fsp3) is 0.667. The minimum Gasteiger partial charge on any atom is -0.272 e. The highest BCUT2D eigenvalue weighted by atomic mass is 127. The normalized spacial score (nSPS) is 21.1. The molecule has 0 bridgehead atoms. The Morgan fingerprint density at radius 1 is 1.45 bits per heavy atom. The van der Waals surface area contributed by atoms with E-state index in [2.05, 4.69) is 0 Å². The quantitative estimate of drug-likeness (QED) is 0.424. The summed E-state index contributed by atoms with van der Waals surface area (Å²) in [5, 5.41) is 0.858. The summed E-state index contributed by atoms with van der Waals surface area (Å²) >= 11 is 1.98. The van der Waals surface area contributed by atoms with Crippen LogP contribution in [0.1, 0.15) is 19.8 Å². The monoisotopic (exact) mass is 269 g/mol. The number of amides is 2. The smallest absolute Gasteiger partial charge is 0.254 e. The number of nitrogens with zero attached hydrogens (tertiary/aromatic N) is 1. The number of alkyl halides is 1. The molecule has 0 saturated carbocycles. The molecule has 1 unspecified atom stereocenters. The molecule has 11 heavy (non-hydrogen) atoms. The highest BCUT2D eigenvalue weighted by Gasteiger charge is 2.30. The highest BCUT2D eigenvalue weighted by molar-refractivity contribution is 14.1. The Morgan fingerprint density at radius 2 is 1.91 bits per heavy atom. The van der Waals surface area contributed by atoms with Crippen molar-refractivity contribution in [1.82, 2.24) is 5.06 Å². The van der Waals surface area contributed by atoms with Gasteiger partial charge in [-0.3, -0.25) is 9.59 Å². The molecule has 5 heteroatoms. The van der Waals surface area contributed by atoms with E-state index in [1.807, 2.05) is 22.6 Å². The Labute approximate surface area is 78.0 Å². The first-order valence-corrected chi connectivity index (χ1v) is 4.52. The van der Waals surface area contributed by atoms with Gasteiger partial charge in [-0.2, -0.15) is 5.06 Å². The number of hydrogen-bond acceptors (Lipinski definition) is 3. The molecule has 0 spiro atoms. The van der Waals surface area contributed by atoms with Crippen LogP contribution in [0.25, 0.3) is 0 Å². The van der Waals surface area contributed by atoms with Crippen molar-refractivity contribution in [1.29, 1.82) is 0 Å². The predicted molar refractivity (Wildman–Crippen MR) is 45.7 cm³/mol. The minimum absolute atomic E-state index is 0.154. The topological polar surface area (TPSA) is 46.6 Å². The van der Waals surface area contributed by atoms with Gasteiger partial charge in [0.15, 0.2) is 0 Å². The standard InChI is InChI=1S/C6H8INO3/c1-4(7)11-8-5(9)2-3-6(8)10/h4H,2-3H2,1H3. The molecule has 1 aliphatic heterocycles. The van der Waals surface area contributed by atoms with Crippen LogP contribution in [0.5, 0.6) is 0 Å². The first-order valence-electron chi connectivity index (χ1n) is 3.28. The molecule has 0 aromatic rings. The van der Waals surface area contributed by atoms with Crippen LogP contribution in [0.4, 0.5) is 0 Å². The third-order valence-electron chi connectivity index (χ3n) is 1.26. The number of halogens is 1. The Morgan fingerprint density at radius 3 is 2.27 bits per heavy atom. The van der Waals surface area contributed by atoms with Gasteiger partial charge < -0.3 is 0 Å². The van der Waals surface area contributed by atoms with Crippen LogP contribution in [0.3, 0.4) is 0 Å². The summed E-state index contributed by atoms with van der Waals surface area (Å²) in [5.74, 6) is -0.475. The molecule has 0 radical (unpaired) electrons. The van der Waals surface area contributed by atoms with Gasteiger partial charge in [0.25, 0.3) is 11.8 Å². The van der Waals surface area contributed by atoms with Gasteiger partial charge in [-0.25, -0.2) is 4.84 Å². The summed E-state index contributed by atoms with van der Waals surface area (Å²) in [7, 11) is 0. The zero-order valence-electron chi connectivity index (χ0n) is 6.04. The van der Waals surface area contributed by atoms with Crippen LogP contribution in [-0.2, 0) is 14.4 Å². The van der Waals surface area contributed by atoms with Crippen molar-refractivity contribution in [3.8, 4) is 0 Å². The molecule has 1 fully saturated rings. The minimum atomic E-state index is -0.237. The number of imide groups is 1. The average Bonchev–Trinajstić information content (AvgIpc) is 2.18. The van der Waals surface area contributed by atoms with Crippen LogP contribution in [-0.4, -0.2) is 21.0 Å². The van der Waals surface area contributed by atoms with Crippen LogP contribution >= 0.6 is 22.6 Å². The van der Waals surface area contributed by atoms with Crippen molar-refractivity contribution < 1.29 is 14.4 Å². The summed E-state index contributed by atoms with van der Waals surface area (Å²) in [6.07, 6.45) is 0.560. The van der Waals surface area contributed by atoms with E-state index < -0.39 is 0 Å². The van der Waals surface area contributed by atoms with E-state index in [1.165, 1.54) is 0 Å². The maximum absolute atomic E-state index is 10.9. The fourth-order valence-electron chi connectivity index (χ4n) is 0.819. The molecular formula is C6H8INO3. The molecule has 0 aromatic heterocycles. The van der Waals surface area contributed by atoms with Gasteiger partial charge in [-0.05, 0) is 29.5 Å². The molecule has 4 nitrogen and oxygen atoms in total. The Hall–Kier alpha value is -0.170. The number of carbonyl (C=O) groups excluding carboxylic acids is 2. The van der Waals surface area contributed by atoms with E-state index in [0.717, 1.165) is 5.06 Å². The first-order chi connectivity index (χ1) is 5.11. The van der Waals surface area contributed by atoms with Crippen molar-refractivity contribution >= 4 is 34.4 Å². The zero-order chi connectivity index (χ0) is 8.43. The third kappa shape index (κ3) is 2.13. The van der Waals surface area contributed by atoms with Gasteiger partial charge in [-0.15, -0.1) is 0 Å². The van der Waals surface area contributed by atoms with Crippen LogP contribution in [0.15, 0.2) is 0 Å². The van der Waals surface area contributed by atoms with Crippen LogP contribution < -0.4 is 0 Å². The number of rotatable bonds is 2. The van der Waals surface area contributed by atoms with Crippen molar-refractivity contribution in [3.05, 3.63) is 0 Å². The van der Waals surface area contributed by atoms with Gasteiger partial charge in [0.2, 0.25) is 0 Å². The second-order valence-electron chi connectivity index (χ2n) is 2.23. The van der Waals surface area contributed by atoms with Gasteiger partial charge in [0, 0.05) is 12.8 Å². The van der Waals surface area contributed by atoms with Crippen molar-refractivity contribution in [2.75, 3.05) is 0 Å². The van der Waals surface area contributed by atoms with Crippen molar-refractivity contribution in [3.63, 3.8) is 0 Å². The Bertz CT molecular complexity index is 176. The highest BCUT2D eigenvalue weighted by Crippen LogP contribution is 2.15. The molecule has 0 aliphatic carbocycles. The lowest BCUT2D eigenvalue weighted by molar-refractivity contribution is -0.188. The molecule has 1 heterocycles. The molecule has 1 aliphatic rings. The number of hydroxylamine groups is 2. The van der Waals surface area contributed by atoms with Gasteiger partial charge in [0.05, 0.1) is 0 Å². The van der Waals surface area contributed by atoms with E-state index in [1.54, 1.807) is 6.92 Å². The number of hydrogen-bond donors (Lipinski definition) is 0. The first kappa shape index (κ1) is 8.92. The van der Waals surface area contributed by atoms with Crippen LogP contribution in [0, 0.1) is 0 Å². The molecule has 1 rings (SSSR count). The maximum atomic E-state index is 10.9. The predicted octanol–water partition coefficient (Wildman–Crippen LogP) is 0.848. The SMILES string of the molecule is CC(I)ON1C(=O)CCC1=O. The maximum Gasteiger partial charge on any atom is 0.254 e. The molecule has 1 atom stereocenters. The Balaban J connectivity index is 2.55. The van der Waals surface area contributed by atoms with Gasteiger partial charge in [-0.1, -0.05) is 0 Å². The molecule has 0 aromatic carbocycles. The van der Waals surface area contributed by atoms with Gasteiger partial charge >= 0.3 is 0 Å². The lowest BCUT2D eigenvalue weighted by Gasteiger charge is -2.14. The molecule has 1 saturated heterocycles. The van der Waals surface area contributed by atoms with E-state index >= 15 is 0 Å². The van der Waals surface area contributed by atoms with Crippen molar-refractivity contribution in [2.45, 2.75) is 23.9 Å².